The minimum absolute atomic E-state index is 0.149. The molecular weight excluding hydrogens is 327 g/mol. The van der Waals surface area contributed by atoms with Gasteiger partial charge in [-0.1, -0.05) is 22.9 Å². The van der Waals surface area contributed by atoms with Gasteiger partial charge in [-0.3, -0.25) is 4.40 Å². The maximum atomic E-state index is 13.1. The summed E-state index contributed by atoms with van der Waals surface area (Å²) < 4.78 is 15.4. The molecule has 2 heterocycles. The van der Waals surface area contributed by atoms with Gasteiger partial charge in [0.2, 0.25) is 5.96 Å². The van der Waals surface area contributed by atoms with E-state index in [1.165, 1.54) is 29.7 Å². The summed E-state index contributed by atoms with van der Waals surface area (Å²) >= 11 is 7.32. The van der Waals surface area contributed by atoms with Crippen molar-refractivity contribution in [2.24, 2.45) is 21.7 Å². The molecule has 0 spiro atoms. The Balaban J connectivity index is 2.16. The van der Waals surface area contributed by atoms with E-state index in [9.17, 15) is 4.39 Å². The molecule has 0 saturated heterocycles. The second kappa shape index (κ2) is 5.74. The Labute approximate surface area is 133 Å². The molecule has 0 radical (unpaired) electrons. The quantitative estimate of drug-likeness (QED) is 0.437. The lowest BCUT2D eigenvalue weighted by molar-refractivity contribution is 0.628. The lowest BCUT2D eigenvalue weighted by Gasteiger charge is -1.99. The Morgan fingerprint density at radius 2 is 2.05 bits per heavy atom. The number of hydrogen-bond donors (Lipinski definition) is 2. The van der Waals surface area contributed by atoms with Crippen LogP contribution in [0.2, 0.25) is 4.34 Å². The number of halogens is 2. The van der Waals surface area contributed by atoms with Crippen molar-refractivity contribution in [1.29, 1.82) is 0 Å². The number of thiazole rings is 1. The van der Waals surface area contributed by atoms with Gasteiger partial charge in [-0.05, 0) is 24.3 Å². The van der Waals surface area contributed by atoms with Crippen molar-refractivity contribution in [3.05, 3.63) is 46.3 Å². The third-order valence-corrected chi connectivity index (χ3v) is 3.91. The molecule has 4 N–H and O–H groups in total. The van der Waals surface area contributed by atoms with E-state index in [1.807, 2.05) is 0 Å². The fourth-order valence-corrected chi connectivity index (χ4v) is 2.95. The zero-order chi connectivity index (χ0) is 15.7. The minimum Gasteiger partial charge on any atom is -0.369 e. The zero-order valence-electron chi connectivity index (χ0n) is 11.1. The monoisotopic (exact) mass is 336 g/mol. The van der Waals surface area contributed by atoms with Crippen LogP contribution in [-0.2, 0) is 0 Å². The molecule has 9 heteroatoms. The van der Waals surface area contributed by atoms with Crippen LogP contribution in [0.4, 0.5) is 4.39 Å². The highest BCUT2D eigenvalue weighted by molar-refractivity contribution is 7.20. The van der Waals surface area contributed by atoms with Gasteiger partial charge in [-0.15, -0.1) is 5.10 Å². The van der Waals surface area contributed by atoms with E-state index in [-0.39, 0.29) is 11.8 Å². The maximum absolute atomic E-state index is 13.1. The molecular formula is C13H10ClFN6S. The Hall–Kier alpha value is -2.45. The van der Waals surface area contributed by atoms with Gasteiger partial charge in [0.25, 0.3) is 0 Å². The van der Waals surface area contributed by atoms with Crippen LogP contribution in [0.25, 0.3) is 16.2 Å². The Bertz CT molecular complexity index is 876. The normalized spacial score (nSPS) is 11.4. The smallest absolute Gasteiger partial charge is 0.211 e. The lowest BCUT2D eigenvalue weighted by atomic mass is 10.1. The summed E-state index contributed by atoms with van der Waals surface area (Å²) in [7, 11) is 0. The maximum Gasteiger partial charge on any atom is 0.211 e. The molecule has 0 amide bonds. The van der Waals surface area contributed by atoms with Crippen LogP contribution in [0.1, 0.15) is 5.69 Å². The van der Waals surface area contributed by atoms with Crippen LogP contribution in [0.15, 0.2) is 40.7 Å². The van der Waals surface area contributed by atoms with Crippen molar-refractivity contribution in [3.63, 3.8) is 0 Å². The molecule has 0 saturated carbocycles. The number of fused-ring (bicyclic) bond motifs is 1. The molecule has 0 aliphatic carbocycles. The van der Waals surface area contributed by atoms with Crippen LogP contribution >= 0.6 is 22.9 Å². The third kappa shape index (κ3) is 2.78. The van der Waals surface area contributed by atoms with Crippen molar-refractivity contribution in [2.75, 3.05) is 0 Å². The highest BCUT2D eigenvalue weighted by Gasteiger charge is 2.15. The average Bonchev–Trinajstić information content (AvgIpc) is 2.97. The number of guanidine groups is 1. The fraction of sp³-hybridized carbons (Fsp3) is 0. The molecule has 3 aromatic rings. The van der Waals surface area contributed by atoms with Crippen LogP contribution in [0.5, 0.6) is 0 Å². The van der Waals surface area contributed by atoms with Gasteiger partial charge in [0, 0.05) is 11.8 Å². The largest absolute Gasteiger partial charge is 0.369 e. The molecule has 6 nitrogen and oxygen atoms in total. The first-order chi connectivity index (χ1) is 10.5. The number of nitrogens with two attached hydrogens (primary N) is 2. The molecule has 0 aliphatic rings. The molecule has 22 heavy (non-hydrogen) atoms. The lowest BCUT2D eigenvalue weighted by Crippen LogP contribution is -2.21. The van der Waals surface area contributed by atoms with Crippen molar-refractivity contribution < 1.29 is 4.39 Å². The molecule has 0 fully saturated rings. The number of aromatic nitrogens is 2. The van der Waals surface area contributed by atoms with E-state index in [2.05, 4.69) is 15.2 Å². The predicted octanol–water partition coefficient (Wildman–Crippen LogP) is 2.46. The Morgan fingerprint density at radius 3 is 2.73 bits per heavy atom. The molecule has 2 aromatic heterocycles. The van der Waals surface area contributed by atoms with E-state index < -0.39 is 0 Å². The molecule has 0 unspecified atom stereocenters. The second-order valence-corrected chi connectivity index (χ2v) is 5.95. The van der Waals surface area contributed by atoms with Gasteiger partial charge in [0.1, 0.15) is 10.2 Å². The summed E-state index contributed by atoms with van der Waals surface area (Å²) in [6, 6.07) is 6.02. The fourth-order valence-electron chi connectivity index (χ4n) is 1.93. The highest BCUT2D eigenvalue weighted by atomic mass is 35.5. The summed E-state index contributed by atoms with van der Waals surface area (Å²) in [5.74, 6) is -0.466. The summed E-state index contributed by atoms with van der Waals surface area (Å²) in [4.78, 5) is 5.19. The first-order valence-electron chi connectivity index (χ1n) is 6.10. The first-order valence-corrected chi connectivity index (χ1v) is 7.29. The molecule has 3 rings (SSSR count). The van der Waals surface area contributed by atoms with Crippen molar-refractivity contribution >= 4 is 40.1 Å². The highest BCUT2D eigenvalue weighted by Crippen LogP contribution is 2.29. The summed E-state index contributed by atoms with van der Waals surface area (Å²) in [6.07, 6.45) is 3.19. The molecule has 0 bridgehead atoms. The van der Waals surface area contributed by atoms with Gasteiger partial charge in [0.15, 0.2) is 4.96 Å². The van der Waals surface area contributed by atoms with Crippen molar-refractivity contribution in [3.8, 4) is 11.3 Å². The minimum atomic E-state index is -0.316. The molecule has 0 atom stereocenters. The average molecular weight is 337 g/mol. The van der Waals surface area contributed by atoms with Crippen LogP contribution in [0.3, 0.4) is 0 Å². The number of imidazole rings is 1. The summed E-state index contributed by atoms with van der Waals surface area (Å²) in [6.45, 7) is 0. The van der Waals surface area contributed by atoms with E-state index in [4.69, 9.17) is 23.1 Å². The van der Waals surface area contributed by atoms with E-state index in [1.54, 1.807) is 22.7 Å². The number of nitrogens with zero attached hydrogens (tertiary/aromatic N) is 4. The van der Waals surface area contributed by atoms with Gasteiger partial charge >= 0.3 is 0 Å². The van der Waals surface area contributed by atoms with Gasteiger partial charge < -0.3 is 11.5 Å². The summed E-state index contributed by atoms with van der Waals surface area (Å²) in [5, 5.41) is 7.39. The number of rotatable bonds is 3. The van der Waals surface area contributed by atoms with Crippen LogP contribution in [0, 0.1) is 5.82 Å². The van der Waals surface area contributed by atoms with Crippen molar-refractivity contribution in [2.45, 2.75) is 0 Å². The van der Waals surface area contributed by atoms with Gasteiger partial charge in [-0.2, -0.15) is 5.10 Å². The Kier molecular flexibility index (Phi) is 3.78. The number of benzene rings is 1. The van der Waals surface area contributed by atoms with Crippen LogP contribution < -0.4 is 11.5 Å². The molecule has 112 valence electrons. The molecule has 0 aliphatic heterocycles. The SMILES string of the molecule is NC(N)=N/N=C/c1c(-c2ccc(F)cc2)nc2sc(Cl)cn12. The standard InChI is InChI=1S/C13H10ClFN6S/c14-10-6-21-9(5-18-20-12(16)17)11(19-13(21)22-10)7-1-3-8(15)4-2-7/h1-6H,(H4,16,17,20)/b18-5+. The van der Waals surface area contributed by atoms with E-state index in [0.29, 0.717) is 20.7 Å². The Morgan fingerprint density at radius 1 is 1.32 bits per heavy atom. The molecule has 1 aromatic carbocycles. The second-order valence-electron chi connectivity index (χ2n) is 4.31. The predicted molar refractivity (Wildman–Crippen MR) is 86.9 cm³/mol. The van der Waals surface area contributed by atoms with Gasteiger partial charge in [-0.25, -0.2) is 9.37 Å². The zero-order valence-corrected chi connectivity index (χ0v) is 12.6. The topological polar surface area (TPSA) is 94.1 Å². The van der Waals surface area contributed by atoms with E-state index in [0.717, 1.165) is 5.56 Å². The number of hydrogen-bond acceptors (Lipinski definition) is 4. The third-order valence-electron chi connectivity index (χ3n) is 2.81. The van der Waals surface area contributed by atoms with Crippen molar-refractivity contribution in [1.82, 2.24) is 9.38 Å². The van der Waals surface area contributed by atoms with E-state index >= 15 is 0 Å². The first kappa shape index (κ1) is 14.5. The summed E-state index contributed by atoms with van der Waals surface area (Å²) in [5.41, 5.74) is 12.5. The van der Waals surface area contributed by atoms with Crippen LogP contribution in [-0.4, -0.2) is 21.6 Å². The van der Waals surface area contributed by atoms with Gasteiger partial charge in [0.05, 0.1) is 17.6 Å².